The van der Waals surface area contributed by atoms with Crippen molar-refractivity contribution in [2.24, 2.45) is 5.84 Å². The Balaban J connectivity index is 1.92. The van der Waals surface area contributed by atoms with Crippen LogP contribution < -0.4 is 11.3 Å². The molecule has 0 spiro atoms. The number of allylic oxidation sites excluding steroid dienone is 4. The molecule has 3 N–H and O–H groups in total. The van der Waals surface area contributed by atoms with Crippen molar-refractivity contribution in [2.45, 2.75) is 39.5 Å². The molecule has 33 heavy (non-hydrogen) atoms. The maximum atomic E-state index is 12.2. The van der Waals surface area contributed by atoms with Crippen LogP contribution in [0.15, 0.2) is 54.3 Å². The number of carbonyl (C=O) groups is 4. The number of hydrogen-bond donors (Lipinski definition) is 2. The van der Waals surface area contributed by atoms with E-state index >= 15 is 0 Å². The number of rotatable bonds is 11. The van der Waals surface area contributed by atoms with E-state index < -0.39 is 21.0 Å². The summed E-state index contributed by atoms with van der Waals surface area (Å²) in [6, 6.07) is 6.86. The van der Waals surface area contributed by atoms with Gasteiger partial charge in [0.2, 0.25) is 5.91 Å². The lowest BCUT2D eigenvalue weighted by atomic mass is 10.0. The summed E-state index contributed by atoms with van der Waals surface area (Å²) in [5, 5.41) is 0. The van der Waals surface area contributed by atoms with Gasteiger partial charge in [-0.2, -0.15) is 0 Å². The minimum Gasteiger partial charge on any atom is -0.409 e. The molecule has 0 aliphatic carbocycles. The third-order valence-corrected chi connectivity index (χ3v) is 5.46. The van der Waals surface area contributed by atoms with Gasteiger partial charge in [0.15, 0.2) is 0 Å². The van der Waals surface area contributed by atoms with Crippen molar-refractivity contribution < 1.29 is 28.2 Å². The number of hydrogen-bond acceptors (Lipinski definition) is 7. The van der Waals surface area contributed by atoms with Gasteiger partial charge in [0.05, 0.1) is 5.56 Å². The van der Waals surface area contributed by atoms with Crippen molar-refractivity contribution in [2.75, 3.05) is 6.54 Å². The van der Waals surface area contributed by atoms with Crippen LogP contribution in [-0.2, 0) is 23.4 Å². The summed E-state index contributed by atoms with van der Waals surface area (Å²) in [6.07, 6.45) is 9.77. The minimum absolute atomic E-state index is 0.0654. The topological polar surface area (TPSA) is 128 Å². The summed E-state index contributed by atoms with van der Waals surface area (Å²) in [6.45, 7) is 3.74. The van der Waals surface area contributed by atoms with Gasteiger partial charge < -0.3 is 13.9 Å². The van der Waals surface area contributed by atoms with Crippen LogP contribution >= 0.6 is 9.03 Å². The fourth-order valence-electron chi connectivity index (χ4n) is 3.01. The molecular weight excluding hydrogens is 445 g/mol. The molecule has 0 saturated carbocycles. The SMILES string of the molecule is CC(=O)OPOC(=O)c1ccc(/C(C)=C/C=C2/C=CC(=O)N2CCCCCC(=O)NN)cc1. The second-order valence-corrected chi connectivity index (χ2v) is 7.86. The molecule has 1 atom stereocenters. The van der Waals surface area contributed by atoms with E-state index in [4.69, 9.17) is 10.4 Å². The Morgan fingerprint density at radius 1 is 1.03 bits per heavy atom. The maximum absolute atomic E-state index is 12.2. The minimum atomic E-state index is -0.673. The largest absolute Gasteiger partial charge is 0.409 e. The molecule has 1 unspecified atom stereocenters. The number of nitrogens with one attached hydrogen (secondary N) is 1. The van der Waals surface area contributed by atoms with Crippen LogP contribution in [0.1, 0.15) is 55.5 Å². The average molecular weight is 473 g/mol. The van der Waals surface area contributed by atoms with Gasteiger partial charge in [-0.15, -0.1) is 0 Å². The fraction of sp³-hybridized carbons (Fsp3) is 0.304. The predicted molar refractivity (Wildman–Crippen MR) is 125 cm³/mol. The van der Waals surface area contributed by atoms with Crippen LogP contribution in [0.25, 0.3) is 5.57 Å². The molecule has 2 amide bonds. The molecular formula is C23H28N3O6P. The van der Waals surface area contributed by atoms with Gasteiger partial charge in [0.25, 0.3) is 14.9 Å². The van der Waals surface area contributed by atoms with Crippen LogP contribution in [0.5, 0.6) is 0 Å². The van der Waals surface area contributed by atoms with Gasteiger partial charge in [-0.25, -0.2) is 10.6 Å². The lowest BCUT2D eigenvalue weighted by Crippen LogP contribution is -2.29. The number of nitrogens with two attached hydrogens (primary N) is 1. The zero-order valence-corrected chi connectivity index (χ0v) is 19.6. The summed E-state index contributed by atoms with van der Waals surface area (Å²) in [5.74, 6) is 3.72. The van der Waals surface area contributed by atoms with E-state index in [0.717, 1.165) is 29.7 Å². The number of unbranched alkanes of at least 4 members (excludes halogenated alkanes) is 2. The van der Waals surface area contributed by atoms with Gasteiger partial charge >= 0.3 is 11.9 Å². The molecule has 1 aliphatic heterocycles. The lowest BCUT2D eigenvalue weighted by Gasteiger charge is -2.17. The Bertz CT molecular complexity index is 969. The highest BCUT2D eigenvalue weighted by Gasteiger charge is 2.19. The summed E-state index contributed by atoms with van der Waals surface area (Å²) in [4.78, 5) is 47.7. The predicted octanol–water partition coefficient (Wildman–Crippen LogP) is 3.15. The van der Waals surface area contributed by atoms with Crippen molar-refractivity contribution in [3.05, 3.63) is 65.4 Å². The molecule has 176 valence electrons. The van der Waals surface area contributed by atoms with Crippen LogP contribution in [0.4, 0.5) is 0 Å². The summed E-state index contributed by atoms with van der Waals surface area (Å²) in [5.41, 5.74) is 5.11. The highest BCUT2D eigenvalue weighted by molar-refractivity contribution is 7.27. The summed E-state index contributed by atoms with van der Waals surface area (Å²) >= 11 is 0. The van der Waals surface area contributed by atoms with Gasteiger partial charge in [-0.1, -0.05) is 24.6 Å². The smallest absolute Gasteiger partial charge is 0.343 e. The Morgan fingerprint density at radius 3 is 2.39 bits per heavy atom. The number of carbonyl (C=O) groups excluding carboxylic acids is 4. The first kappa shape index (κ1) is 26.0. The molecule has 10 heteroatoms. The van der Waals surface area contributed by atoms with Crippen LogP contribution in [0.3, 0.4) is 0 Å². The van der Waals surface area contributed by atoms with Gasteiger partial charge in [-0.3, -0.25) is 19.8 Å². The highest BCUT2D eigenvalue weighted by atomic mass is 31.1. The van der Waals surface area contributed by atoms with Crippen LogP contribution in [0.2, 0.25) is 0 Å². The molecule has 0 bridgehead atoms. The van der Waals surface area contributed by atoms with E-state index in [1.165, 1.54) is 13.0 Å². The molecule has 2 rings (SSSR count). The van der Waals surface area contributed by atoms with Crippen molar-refractivity contribution in [1.29, 1.82) is 0 Å². The van der Waals surface area contributed by atoms with Gasteiger partial charge in [0, 0.05) is 31.7 Å². The Hall–Kier alpha value is -3.29. The van der Waals surface area contributed by atoms with Crippen LogP contribution in [0, 0.1) is 0 Å². The lowest BCUT2D eigenvalue weighted by molar-refractivity contribution is -0.131. The Labute approximate surface area is 194 Å². The number of nitrogens with zero attached hydrogens (tertiary/aromatic N) is 1. The quantitative estimate of drug-likeness (QED) is 0.166. The van der Waals surface area contributed by atoms with Crippen molar-refractivity contribution in [3.63, 3.8) is 0 Å². The van der Waals surface area contributed by atoms with Crippen molar-refractivity contribution in [1.82, 2.24) is 10.3 Å². The van der Waals surface area contributed by atoms with E-state index in [1.807, 2.05) is 19.1 Å². The monoisotopic (exact) mass is 473 g/mol. The first-order chi connectivity index (χ1) is 15.8. The Morgan fingerprint density at radius 2 is 1.73 bits per heavy atom. The second kappa shape index (κ2) is 13.3. The zero-order valence-electron chi connectivity index (χ0n) is 18.6. The van der Waals surface area contributed by atoms with Crippen molar-refractivity contribution in [3.8, 4) is 0 Å². The highest BCUT2D eigenvalue weighted by Crippen LogP contribution is 2.21. The number of amides is 2. The standard InChI is InChI=1S/C23H28N3O6P/c1-16(18-8-10-19(11-9-18)23(30)32-33-31-17(2)27)7-12-20-13-14-22(29)26(20)15-5-3-4-6-21(28)25-24/h7-14,33H,3-6,15,24H2,1-2H3,(H,25,28)/b16-7+,20-12-. The fourth-order valence-corrected chi connectivity index (χ4v) is 3.36. The van der Waals surface area contributed by atoms with Gasteiger partial charge in [0.1, 0.15) is 0 Å². The molecule has 1 aliphatic rings. The molecule has 0 radical (unpaired) electrons. The molecule has 0 fully saturated rings. The second-order valence-electron chi connectivity index (χ2n) is 7.29. The van der Waals surface area contributed by atoms with E-state index in [2.05, 4.69) is 9.95 Å². The first-order valence-electron chi connectivity index (χ1n) is 10.4. The molecule has 1 aromatic rings. The van der Waals surface area contributed by atoms with E-state index in [-0.39, 0.29) is 11.8 Å². The van der Waals surface area contributed by atoms with Crippen molar-refractivity contribution >= 4 is 38.4 Å². The average Bonchev–Trinajstić information content (AvgIpc) is 3.16. The van der Waals surface area contributed by atoms with E-state index in [9.17, 15) is 19.2 Å². The zero-order chi connectivity index (χ0) is 24.2. The third-order valence-electron chi connectivity index (χ3n) is 4.82. The number of benzene rings is 1. The van der Waals surface area contributed by atoms with E-state index in [1.54, 1.807) is 35.2 Å². The Kier molecular flexibility index (Phi) is 10.5. The van der Waals surface area contributed by atoms with Crippen LogP contribution in [-0.4, -0.2) is 35.2 Å². The summed E-state index contributed by atoms with van der Waals surface area (Å²) < 4.78 is 9.51. The summed E-state index contributed by atoms with van der Waals surface area (Å²) in [7, 11) is -0.673. The van der Waals surface area contributed by atoms with Gasteiger partial charge in [-0.05, 0) is 55.2 Å². The molecule has 0 saturated heterocycles. The molecule has 1 heterocycles. The molecule has 0 aromatic heterocycles. The molecule has 9 nitrogen and oxygen atoms in total. The number of hydrazine groups is 1. The first-order valence-corrected chi connectivity index (χ1v) is 11.2. The normalized spacial score (nSPS) is 14.9. The third kappa shape index (κ3) is 8.63. The van der Waals surface area contributed by atoms with E-state index in [0.29, 0.717) is 24.9 Å². The molecule has 1 aromatic carbocycles. The maximum Gasteiger partial charge on any atom is 0.343 e.